The smallest absolute Gasteiger partial charge is 0.335 e. The van der Waals surface area contributed by atoms with Gasteiger partial charge in [0.05, 0.1) is 16.6 Å². The van der Waals surface area contributed by atoms with Gasteiger partial charge in [-0.2, -0.15) is 0 Å². The van der Waals surface area contributed by atoms with Crippen LogP contribution in [0.2, 0.25) is 0 Å². The van der Waals surface area contributed by atoms with Crippen molar-refractivity contribution >= 4 is 17.0 Å². The first-order valence-corrected chi connectivity index (χ1v) is 6.06. The molecule has 3 rings (SSSR count). The molecule has 0 spiro atoms. The van der Waals surface area contributed by atoms with Crippen molar-refractivity contribution in [3.63, 3.8) is 0 Å². The van der Waals surface area contributed by atoms with Crippen LogP contribution in [0.25, 0.3) is 11.0 Å². The van der Waals surface area contributed by atoms with Gasteiger partial charge in [0.25, 0.3) is 0 Å². The number of carbonyl (C=O) groups is 1. The molecule has 0 unspecified atom stereocenters. The molecular weight excluding hydrogens is 248 g/mol. The fourth-order valence-corrected chi connectivity index (χ4v) is 2.14. The molecule has 19 heavy (non-hydrogen) atoms. The highest BCUT2D eigenvalue weighted by Gasteiger charge is 2.23. The Bertz CT molecular complexity index is 783. The van der Waals surface area contributed by atoms with Crippen LogP contribution in [-0.2, 0) is 6.54 Å². The Morgan fingerprint density at radius 1 is 1.37 bits per heavy atom. The summed E-state index contributed by atoms with van der Waals surface area (Å²) in [7, 11) is 0. The summed E-state index contributed by atoms with van der Waals surface area (Å²) in [5, 5.41) is 8.99. The standard InChI is InChI=1S/C13H12N2O4/c16-11-12(17)15(6-7-1-2-7)10-5-8(13(18)19)3-4-9(10)14-11/h3-5,7H,1-2,6H2,(H,14,16)(H,18,19). The normalized spacial score (nSPS) is 14.7. The van der Waals surface area contributed by atoms with E-state index in [1.165, 1.54) is 22.8 Å². The van der Waals surface area contributed by atoms with Crippen LogP contribution in [0.4, 0.5) is 0 Å². The lowest BCUT2D eigenvalue weighted by Crippen LogP contribution is -2.36. The zero-order chi connectivity index (χ0) is 13.6. The van der Waals surface area contributed by atoms with E-state index in [4.69, 9.17) is 5.11 Å². The predicted octanol–water partition coefficient (Wildman–Crippen LogP) is 0.798. The quantitative estimate of drug-likeness (QED) is 0.798. The molecule has 0 radical (unpaired) electrons. The van der Waals surface area contributed by atoms with Crippen LogP contribution in [0.15, 0.2) is 27.8 Å². The number of H-pyrrole nitrogens is 1. The SMILES string of the molecule is O=C(O)c1ccc2[nH]c(=O)c(=O)n(CC3CC3)c2c1. The van der Waals surface area contributed by atoms with Crippen LogP contribution in [-0.4, -0.2) is 20.6 Å². The number of hydrogen-bond acceptors (Lipinski definition) is 3. The van der Waals surface area contributed by atoms with Crippen LogP contribution in [0, 0.1) is 5.92 Å². The predicted molar refractivity (Wildman–Crippen MR) is 68.5 cm³/mol. The highest BCUT2D eigenvalue weighted by Crippen LogP contribution is 2.30. The zero-order valence-corrected chi connectivity index (χ0v) is 10.0. The molecule has 0 amide bonds. The Hall–Kier alpha value is -2.37. The van der Waals surface area contributed by atoms with Gasteiger partial charge < -0.3 is 14.7 Å². The number of fused-ring (bicyclic) bond motifs is 1. The van der Waals surface area contributed by atoms with E-state index in [1.54, 1.807) is 0 Å². The maximum atomic E-state index is 11.9. The molecule has 6 nitrogen and oxygen atoms in total. The number of benzene rings is 1. The van der Waals surface area contributed by atoms with E-state index in [9.17, 15) is 14.4 Å². The molecule has 6 heteroatoms. The Morgan fingerprint density at radius 2 is 2.11 bits per heavy atom. The molecule has 1 aliphatic carbocycles. The third-order valence-corrected chi connectivity index (χ3v) is 3.36. The van der Waals surface area contributed by atoms with Crippen molar-refractivity contribution < 1.29 is 9.90 Å². The zero-order valence-electron chi connectivity index (χ0n) is 10.0. The van der Waals surface area contributed by atoms with E-state index in [0.29, 0.717) is 23.5 Å². The molecule has 2 aromatic rings. The lowest BCUT2D eigenvalue weighted by molar-refractivity contribution is 0.0697. The molecule has 1 fully saturated rings. The minimum absolute atomic E-state index is 0.100. The number of nitrogens with zero attached hydrogens (tertiary/aromatic N) is 1. The second-order valence-electron chi connectivity index (χ2n) is 4.85. The van der Waals surface area contributed by atoms with Crippen molar-refractivity contribution in [2.75, 3.05) is 0 Å². The summed E-state index contributed by atoms with van der Waals surface area (Å²) in [6.07, 6.45) is 2.08. The van der Waals surface area contributed by atoms with E-state index in [2.05, 4.69) is 4.98 Å². The monoisotopic (exact) mass is 260 g/mol. The molecule has 0 bridgehead atoms. The average molecular weight is 260 g/mol. The number of aromatic amines is 1. The maximum Gasteiger partial charge on any atom is 0.335 e. The highest BCUT2D eigenvalue weighted by molar-refractivity contribution is 5.92. The number of hydrogen-bond donors (Lipinski definition) is 2. The summed E-state index contributed by atoms with van der Waals surface area (Å²) >= 11 is 0. The molecule has 0 aliphatic heterocycles. The number of aromatic carboxylic acids is 1. The Kier molecular flexibility index (Phi) is 2.51. The Morgan fingerprint density at radius 3 is 2.74 bits per heavy atom. The van der Waals surface area contributed by atoms with Gasteiger partial charge in [-0.15, -0.1) is 0 Å². The lowest BCUT2D eigenvalue weighted by Gasteiger charge is -2.09. The maximum absolute atomic E-state index is 11.9. The summed E-state index contributed by atoms with van der Waals surface area (Å²) < 4.78 is 1.39. The number of carboxylic acid groups (broad SMARTS) is 1. The van der Waals surface area contributed by atoms with Crippen LogP contribution < -0.4 is 11.1 Å². The van der Waals surface area contributed by atoms with E-state index >= 15 is 0 Å². The molecule has 1 aliphatic rings. The molecule has 1 saturated carbocycles. The first-order chi connectivity index (χ1) is 9.06. The Balaban J connectivity index is 2.30. The third-order valence-electron chi connectivity index (χ3n) is 3.36. The molecule has 1 heterocycles. The van der Waals surface area contributed by atoms with Crippen LogP contribution in [0.1, 0.15) is 23.2 Å². The summed E-state index contributed by atoms with van der Waals surface area (Å²) in [5.41, 5.74) is -0.242. The summed E-state index contributed by atoms with van der Waals surface area (Å²) in [6, 6.07) is 4.35. The van der Waals surface area contributed by atoms with Crippen molar-refractivity contribution in [3.8, 4) is 0 Å². The first kappa shape index (κ1) is 11.7. The van der Waals surface area contributed by atoms with Gasteiger partial charge >= 0.3 is 17.1 Å². The molecule has 1 aromatic carbocycles. The van der Waals surface area contributed by atoms with Gasteiger partial charge in [-0.25, -0.2) is 4.79 Å². The molecule has 0 saturated heterocycles. The minimum atomic E-state index is -1.06. The average Bonchev–Trinajstić information content (AvgIpc) is 3.18. The minimum Gasteiger partial charge on any atom is -0.478 e. The molecule has 0 atom stereocenters. The second kappa shape index (κ2) is 4.08. The second-order valence-corrected chi connectivity index (χ2v) is 4.85. The fourth-order valence-electron chi connectivity index (χ4n) is 2.14. The summed E-state index contributed by atoms with van der Waals surface area (Å²) in [4.78, 5) is 36.9. The van der Waals surface area contributed by atoms with Gasteiger partial charge in [-0.3, -0.25) is 9.59 Å². The summed E-state index contributed by atoms with van der Waals surface area (Å²) in [6.45, 7) is 0.475. The van der Waals surface area contributed by atoms with Crippen molar-refractivity contribution in [1.82, 2.24) is 9.55 Å². The van der Waals surface area contributed by atoms with Gasteiger partial charge in [0.15, 0.2) is 0 Å². The van der Waals surface area contributed by atoms with Gasteiger partial charge in [0, 0.05) is 6.54 Å². The van der Waals surface area contributed by atoms with Crippen molar-refractivity contribution in [2.24, 2.45) is 5.92 Å². The number of rotatable bonds is 3. The number of nitrogens with one attached hydrogen (secondary N) is 1. The van der Waals surface area contributed by atoms with E-state index in [0.717, 1.165) is 12.8 Å². The first-order valence-electron chi connectivity index (χ1n) is 6.06. The summed E-state index contributed by atoms with van der Waals surface area (Å²) in [5.74, 6) is -0.644. The molecular formula is C13H12N2O4. The fraction of sp³-hybridized carbons (Fsp3) is 0.308. The van der Waals surface area contributed by atoms with Crippen molar-refractivity contribution in [3.05, 3.63) is 44.5 Å². The largest absolute Gasteiger partial charge is 0.478 e. The highest BCUT2D eigenvalue weighted by atomic mass is 16.4. The molecule has 2 N–H and O–H groups in total. The van der Waals surface area contributed by atoms with Crippen LogP contribution in [0.5, 0.6) is 0 Å². The van der Waals surface area contributed by atoms with E-state index in [1.807, 2.05) is 0 Å². The molecule has 98 valence electrons. The van der Waals surface area contributed by atoms with Crippen LogP contribution in [0.3, 0.4) is 0 Å². The Labute approximate surface area is 107 Å². The lowest BCUT2D eigenvalue weighted by atomic mass is 10.2. The van der Waals surface area contributed by atoms with Gasteiger partial charge in [-0.05, 0) is 37.0 Å². The number of aromatic nitrogens is 2. The van der Waals surface area contributed by atoms with Crippen molar-refractivity contribution in [1.29, 1.82) is 0 Å². The van der Waals surface area contributed by atoms with E-state index < -0.39 is 17.1 Å². The van der Waals surface area contributed by atoms with E-state index in [-0.39, 0.29) is 5.56 Å². The van der Waals surface area contributed by atoms with Gasteiger partial charge in [0.2, 0.25) is 0 Å². The molecule has 1 aromatic heterocycles. The van der Waals surface area contributed by atoms with Crippen molar-refractivity contribution in [2.45, 2.75) is 19.4 Å². The van der Waals surface area contributed by atoms with Crippen LogP contribution >= 0.6 is 0 Å². The number of carboxylic acids is 1. The third kappa shape index (κ3) is 2.05. The topological polar surface area (TPSA) is 92.2 Å². The van der Waals surface area contributed by atoms with Gasteiger partial charge in [0.1, 0.15) is 0 Å². The van der Waals surface area contributed by atoms with Gasteiger partial charge in [-0.1, -0.05) is 0 Å².